The third-order valence-corrected chi connectivity index (χ3v) is 4.51. The van der Waals surface area contributed by atoms with Crippen molar-refractivity contribution in [3.63, 3.8) is 0 Å². The number of nitrogens with zero attached hydrogens (tertiary/aromatic N) is 2. The maximum absolute atomic E-state index is 12.4. The first kappa shape index (κ1) is 17.7. The highest BCUT2D eigenvalue weighted by Gasteiger charge is 2.30. The monoisotopic (exact) mass is 324 g/mol. The van der Waals surface area contributed by atoms with E-state index in [2.05, 4.69) is 10.6 Å². The zero-order valence-electron chi connectivity index (χ0n) is 14.0. The van der Waals surface area contributed by atoms with E-state index < -0.39 is 6.03 Å². The van der Waals surface area contributed by atoms with Crippen molar-refractivity contribution in [2.75, 3.05) is 39.3 Å². The average molecular weight is 324 g/mol. The Bertz CT molecular complexity index is 427. The summed E-state index contributed by atoms with van der Waals surface area (Å²) in [5, 5.41) is 4.95. The molecule has 2 saturated heterocycles. The van der Waals surface area contributed by atoms with Crippen molar-refractivity contribution in [3.8, 4) is 0 Å². The number of hydrogen-bond acceptors (Lipinski definition) is 4. The fraction of sp³-hybridized carbons (Fsp3) is 0.812. The van der Waals surface area contributed by atoms with Gasteiger partial charge in [-0.15, -0.1) is 0 Å². The molecule has 7 heteroatoms. The van der Waals surface area contributed by atoms with E-state index in [-0.39, 0.29) is 24.3 Å². The fourth-order valence-corrected chi connectivity index (χ4v) is 3.19. The van der Waals surface area contributed by atoms with Gasteiger partial charge in [-0.3, -0.25) is 19.8 Å². The first-order valence-corrected chi connectivity index (χ1v) is 8.69. The molecular weight excluding hydrogens is 296 g/mol. The Hall–Kier alpha value is -1.63. The lowest BCUT2D eigenvalue weighted by Crippen LogP contribution is -2.47. The molecule has 2 heterocycles. The molecule has 0 atom stereocenters. The predicted molar refractivity (Wildman–Crippen MR) is 86.8 cm³/mol. The molecular formula is C16H28N4O3. The van der Waals surface area contributed by atoms with Gasteiger partial charge in [0.15, 0.2) is 0 Å². The van der Waals surface area contributed by atoms with E-state index in [4.69, 9.17) is 0 Å². The quantitative estimate of drug-likeness (QED) is 0.774. The Labute approximate surface area is 137 Å². The number of carbonyl (C=O) groups excluding carboxylic acids is 3. The second-order valence-corrected chi connectivity index (χ2v) is 6.39. The molecule has 4 amide bonds. The second-order valence-electron chi connectivity index (χ2n) is 6.39. The summed E-state index contributed by atoms with van der Waals surface area (Å²) in [5.74, 6) is 0.0914. The van der Waals surface area contributed by atoms with Gasteiger partial charge in [-0.1, -0.05) is 6.92 Å². The second kappa shape index (κ2) is 8.86. The van der Waals surface area contributed by atoms with Gasteiger partial charge in [0.25, 0.3) is 0 Å². The molecule has 0 aliphatic carbocycles. The van der Waals surface area contributed by atoms with E-state index in [1.807, 2.05) is 16.7 Å². The van der Waals surface area contributed by atoms with Gasteiger partial charge in [0, 0.05) is 25.6 Å². The predicted octanol–water partition coefficient (Wildman–Crippen LogP) is 0.557. The number of urea groups is 1. The summed E-state index contributed by atoms with van der Waals surface area (Å²) in [7, 11) is 0. The van der Waals surface area contributed by atoms with Crippen LogP contribution in [0.5, 0.6) is 0 Å². The molecule has 0 aromatic heterocycles. The number of rotatable bonds is 5. The Kier molecular flexibility index (Phi) is 6.83. The molecule has 2 aliphatic rings. The first-order valence-electron chi connectivity index (χ1n) is 8.69. The lowest BCUT2D eigenvalue weighted by atomic mass is 9.95. The lowest BCUT2D eigenvalue weighted by molar-refractivity contribution is -0.136. The Morgan fingerprint density at radius 1 is 1.04 bits per heavy atom. The highest BCUT2D eigenvalue weighted by Crippen LogP contribution is 2.21. The molecule has 0 aromatic carbocycles. The molecule has 0 unspecified atom stereocenters. The minimum absolute atomic E-state index is 0.0975. The van der Waals surface area contributed by atoms with Crippen molar-refractivity contribution in [3.05, 3.63) is 0 Å². The number of piperidine rings is 1. The molecule has 7 nitrogen and oxygen atoms in total. The zero-order chi connectivity index (χ0) is 16.7. The number of imide groups is 1. The van der Waals surface area contributed by atoms with Crippen LogP contribution in [0.1, 0.15) is 39.0 Å². The molecule has 0 aromatic rings. The van der Waals surface area contributed by atoms with Crippen LogP contribution in [0.2, 0.25) is 0 Å². The number of likely N-dealkylation sites (tertiary alicyclic amines) is 2. The third-order valence-electron chi connectivity index (χ3n) is 4.51. The van der Waals surface area contributed by atoms with Crippen molar-refractivity contribution >= 4 is 17.8 Å². The number of amides is 4. The van der Waals surface area contributed by atoms with Gasteiger partial charge in [0.05, 0.1) is 6.54 Å². The van der Waals surface area contributed by atoms with Gasteiger partial charge in [-0.2, -0.15) is 0 Å². The van der Waals surface area contributed by atoms with E-state index in [9.17, 15) is 14.4 Å². The van der Waals surface area contributed by atoms with Crippen LogP contribution in [0.4, 0.5) is 4.79 Å². The largest absolute Gasteiger partial charge is 0.342 e. The molecule has 0 saturated carbocycles. The highest BCUT2D eigenvalue weighted by atomic mass is 16.2. The van der Waals surface area contributed by atoms with E-state index >= 15 is 0 Å². The highest BCUT2D eigenvalue weighted by molar-refractivity contribution is 5.95. The maximum Gasteiger partial charge on any atom is 0.321 e. The average Bonchev–Trinajstić information content (AvgIpc) is 3.07. The number of carbonyl (C=O) groups is 3. The maximum atomic E-state index is 12.4. The summed E-state index contributed by atoms with van der Waals surface area (Å²) in [6.07, 6.45) is 4.66. The van der Waals surface area contributed by atoms with Gasteiger partial charge in [0.1, 0.15) is 0 Å². The van der Waals surface area contributed by atoms with E-state index in [0.29, 0.717) is 6.54 Å². The Morgan fingerprint density at radius 3 is 2.30 bits per heavy atom. The lowest BCUT2D eigenvalue weighted by Gasteiger charge is -2.32. The van der Waals surface area contributed by atoms with Gasteiger partial charge in [-0.25, -0.2) is 4.79 Å². The van der Waals surface area contributed by atoms with Crippen LogP contribution in [-0.4, -0.2) is 66.9 Å². The fourth-order valence-electron chi connectivity index (χ4n) is 3.19. The van der Waals surface area contributed by atoms with Crippen molar-refractivity contribution in [2.24, 2.45) is 5.92 Å². The standard InChI is InChI=1S/C16H28N4O3/c1-2-7-17-16(23)18-14(21)12-19-10-5-13(6-11-19)15(22)20-8-3-4-9-20/h13H,2-12H2,1H3,(H2,17,18,21,23). The molecule has 0 bridgehead atoms. The van der Waals surface area contributed by atoms with Crippen LogP contribution < -0.4 is 10.6 Å². The summed E-state index contributed by atoms with van der Waals surface area (Å²) < 4.78 is 0. The topological polar surface area (TPSA) is 81.8 Å². The van der Waals surface area contributed by atoms with Crippen molar-refractivity contribution < 1.29 is 14.4 Å². The molecule has 0 radical (unpaired) electrons. The summed E-state index contributed by atoms with van der Waals surface area (Å²) >= 11 is 0. The van der Waals surface area contributed by atoms with Crippen LogP contribution in [0.3, 0.4) is 0 Å². The summed E-state index contributed by atoms with van der Waals surface area (Å²) in [6.45, 7) is 5.98. The van der Waals surface area contributed by atoms with Crippen LogP contribution in [0.15, 0.2) is 0 Å². The van der Waals surface area contributed by atoms with Crippen LogP contribution in [-0.2, 0) is 9.59 Å². The third kappa shape index (κ3) is 5.49. The first-order chi connectivity index (χ1) is 11.1. The molecule has 2 aliphatic heterocycles. The smallest absolute Gasteiger partial charge is 0.321 e. The molecule has 2 N–H and O–H groups in total. The van der Waals surface area contributed by atoms with Gasteiger partial charge in [-0.05, 0) is 45.2 Å². The minimum atomic E-state index is -0.434. The molecule has 2 rings (SSSR count). The molecule has 23 heavy (non-hydrogen) atoms. The van der Waals surface area contributed by atoms with Crippen LogP contribution >= 0.6 is 0 Å². The van der Waals surface area contributed by atoms with Crippen LogP contribution in [0.25, 0.3) is 0 Å². The number of hydrogen-bond donors (Lipinski definition) is 2. The zero-order valence-corrected chi connectivity index (χ0v) is 14.0. The van der Waals surface area contributed by atoms with E-state index in [0.717, 1.165) is 58.3 Å². The number of nitrogens with one attached hydrogen (secondary N) is 2. The summed E-state index contributed by atoms with van der Waals surface area (Å²) in [6, 6.07) is -0.434. The molecule has 130 valence electrons. The van der Waals surface area contributed by atoms with Crippen molar-refractivity contribution in [2.45, 2.75) is 39.0 Å². The van der Waals surface area contributed by atoms with Crippen molar-refractivity contribution in [1.29, 1.82) is 0 Å². The summed E-state index contributed by atoms with van der Waals surface area (Å²) in [5.41, 5.74) is 0. The van der Waals surface area contributed by atoms with E-state index in [1.54, 1.807) is 0 Å². The Balaban J connectivity index is 1.66. The molecule has 0 spiro atoms. The summed E-state index contributed by atoms with van der Waals surface area (Å²) in [4.78, 5) is 39.6. The minimum Gasteiger partial charge on any atom is -0.342 e. The van der Waals surface area contributed by atoms with Gasteiger partial charge in [0.2, 0.25) is 11.8 Å². The van der Waals surface area contributed by atoms with Gasteiger partial charge < -0.3 is 10.2 Å². The van der Waals surface area contributed by atoms with Gasteiger partial charge >= 0.3 is 6.03 Å². The van der Waals surface area contributed by atoms with Crippen LogP contribution in [0, 0.1) is 5.92 Å². The SMILES string of the molecule is CCCNC(=O)NC(=O)CN1CCC(C(=O)N2CCCC2)CC1. The molecule has 2 fully saturated rings. The van der Waals surface area contributed by atoms with E-state index in [1.165, 1.54) is 0 Å². The Morgan fingerprint density at radius 2 is 1.70 bits per heavy atom. The normalized spacial score (nSPS) is 19.6. The van der Waals surface area contributed by atoms with Crippen molar-refractivity contribution in [1.82, 2.24) is 20.4 Å².